The Labute approximate surface area is 113 Å². The molecule has 0 bridgehead atoms. The van der Waals surface area contributed by atoms with E-state index in [2.05, 4.69) is 35.9 Å². The highest BCUT2D eigenvalue weighted by Crippen LogP contribution is 2.20. The number of piperidine rings is 1. The fraction of sp³-hybridized carbons (Fsp3) is 1.00. The maximum Gasteiger partial charge on any atom is 0.0223 e. The average molecular weight is 253 g/mol. The van der Waals surface area contributed by atoms with Crippen molar-refractivity contribution in [3.63, 3.8) is 0 Å². The summed E-state index contributed by atoms with van der Waals surface area (Å²) in [7, 11) is 0. The standard InChI is InChI=1S/C15H31N3/c1-4-15(2,3)16-8-10-17-11-12-18-9-6-5-7-14(18)13-17/h14,16H,4-13H2,1-3H3. The van der Waals surface area contributed by atoms with Crippen LogP contribution in [0, 0.1) is 0 Å². The predicted octanol–water partition coefficient (Wildman–Crippen LogP) is 1.93. The quantitative estimate of drug-likeness (QED) is 0.808. The van der Waals surface area contributed by atoms with Gasteiger partial charge in [-0.2, -0.15) is 0 Å². The Bertz CT molecular complexity index is 252. The van der Waals surface area contributed by atoms with Crippen molar-refractivity contribution in [2.24, 2.45) is 0 Å². The van der Waals surface area contributed by atoms with E-state index in [0.29, 0.717) is 5.54 Å². The summed E-state index contributed by atoms with van der Waals surface area (Å²) in [5.74, 6) is 0. The molecule has 0 aromatic rings. The normalized spacial score (nSPS) is 27.2. The lowest BCUT2D eigenvalue weighted by Crippen LogP contribution is -2.56. The molecule has 1 N–H and O–H groups in total. The molecule has 106 valence electrons. The van der Waals surface area contributed by atoms with Crippen LogP contribution in [0.5, 0.6) is 0 Å². The van der Waals surface area contributed by atoms with Crippen molar-refractivity contribution in [1.82, 2.24) is 15.1 Å². The molecule has 0 aliphatic carbocycles. The van der Waals surface area contributed by atoms with E-state index in [9.17, 15) is 0 Å². The van der Waals surface area contributed by atoms with Crippen molar-refractivity contribution in [2.45, 2.75) is 58.0 Å². The zero-order chi connectivity index (χ0) is 13.0. The first-order chi connectivity index (χ1) is 8.61. The van der Waals surface area contributed by atoms with E-state index in [-0.39, 0.29) is 0 Å². The van der Waals surface area contributed by atoms with Crippen molar-refractivity contribution < 1.29 is 0 Å². The highest BCUT2D eigenvalue weighted by molar-refractivity contribution is 4.85. The van der Waals surface area contributed by atoms with E-state index in [4.69, 9.17) is 0 Å². The van der Waals surface area contributed by atoms with Crippen LogP contribution in [-0.2, 0) is 0 Å². The molecule has 18 heavy (non-hydrogen) atoms. The molecule has 0 radical (unpaired) electrons. The summed E-state index contributed by atoms with van der Waals surface area (Å²) in [5.41, 5.74) is 0.298. The molecule has 2 saturated heterocycles. The molecular formula is C15H31N3. The van der Waals surface area contributed by atoms with Gasteiger partial charge >= 0.3 is 0 Å². The zero-order valence-electron chi connectivity index (χ0n) is 12.5. The fourth-order valence-electron chi connectivity index (χ4n) is 3.10. The molecule has 2 aliphatic rings. The van der Waals surface area contributed by atoms with E-state index in [1.807, 2.05) is 0 Å². The Balaban J connectivity index is 1.68. The van der Waals surface area contributed by atoms with Gasteiger partial charge in [0.1, 0.15) is 0 Å². The number of nitrogens with one attached hydrogen (secondary N) is 1. The van der Waals surface area contributed by atoms with Crippen molar-refractivity contribution in [3.8, 4) is 0 Å². The van der Waals surface area contributed by atoms with Crippen molar-refractivity contribution >= 4 is 0 Å². The average Bonchev–Trinajstić information content (AvgIpc) is 2.38. The molecule has 2 heterocycles. The largest absolute Gasteiger partial charge is 0.311 e. The number of hydrogen-bond acceptors (Lipinski definition) is 3. The van der Waals surface area contributed by atoms with Crippen LogP contribution in [0.1, 0.15) is 46.5 Å². The van der Waals surface area contributed by atoms with Crippen molar-refractivity contribution in [1.29, 1.82) is 0 Å². The van der Waals surface area contributed by atoms with Gasteiger partial charge in [-0.3, -0.25) is 9.80 Å². The van der Waals surface area contributed by atoms with Crippen LogP contribution < -0.4 is 5.32 Å². The van der Waals surface area contributed by atoms with Gasteiger partial charge in [-0.05, 0) is 39.7 Å². The molecule has 0 aromatic carbocycles. The maximum absolute atomic E-state index is 3.67. The number of rotatable bonds is 5. The number of piperazine rings is 1. The summed E-state index contributed by atoms with van der Waals surface area (Å²) in [6, 6.07) is 0.853. The third-order valence-electron chi connectivity index (χ3n) is 4.84. The maximum atomic E-state index is 3.67. The minimum Gasteiger partial charge on any atom is -0.311 e. The summed E-state index contributed by atoms with van der Waals surface area (Å²) < 4.78 is 0. The van der Waals surface area contributed by atoms with Crippen LogP contribution in [0.25, 0.3) is 0 Å². The molecule has 1 atom stereocenters. The topological polar surface area (TPSA) is 18.5 Å². The Morgan fingerprint density at radius 2 is 2.00 bits per heavy atom. The third-order valence-corrected chi connectivity index (χ3v) is 4.84. The van der Waals surface area contributed by atoms with Crippen molar-refractivity contribution in [3.05, 3.63) is 0 Å². The molecule has 0 aromatic heterocycles. The first-order valence-electron chi connectivity index (χ1n) is 7.82. The first kappa shape index (κ1) is 14.3. The van der Waals surface area contributed by atoms with Gasteiger partial charge in [0, 0.05) is 44.3 Å². The van der Waals surface area contributed by atoms with Crippen molar-refractivity contribution in [2.75, 3.05) is 39.3 Å². The Morgan fingerprint density at radius 3 is 2.78 bits per heavy atom. The fourth-order valence-corrected chi connectivity index (χ4v) is 3.10. The van der Waals surface area contributed by atoms with Crippen LogP contribution in [0.4, 0.5) is 0 Å². The van der Waals surface area contributed by atoms with E-state index >= 15 is 0 Å². The lowest BCUT2D eigenvalue weighted by atomic mass is 9.99. The molecule has 0 spiro atoms. The minimum atomic E-state index is 0.298. The number of hydrogen-bond donors (Lipinski definition) is 1. The monoisotopic (exact) mass is 253 g/mol. The van der Waals surface area contributed by atoms with E-state index in [1.54, 1.807) is 0 Å². The SMILES string of the molecule is CCC(C)(C)NCCN1CCN2CCCCC2C1. The second-order valence-corrected chi connectivity index (χ2v) is 6.65. The Kier molecular flexibility index (Phi) is 5.05. The number of fused-ring (bicyclic) bond motifs is 1. The molecule has 0 saturated carbocycles. The van der Waals surface area contributed by atoms with E-state index in [0.717, 1.165) is 12.6 Å². The minimum absolute atomic E-state index is 0.298. The molecule has 2 aliphatic heterocycles. The van der Waals surface area contributed by atoms with Gasteiger partial charge in [-0.1, -0.05) is 13.3 Å². The van der Waals surface area contributed by atoms with Gasteiger partial charge in [-0.25, -0.2) is 0 Å². The third kappa shape index (κ3) is 3.94. The van der Waals surface area contributed by atoms with Gasteiger partial charge < -0.3 is 5.32 Å². The highest BCUT2D eigenvalue weighted by atomic mass is 15.3. The smallest absolute Gasteiger partial charge is 0.0223 e. The van der Waals surface area contributed by atoms with Gasteiger partial charge in [0.05, 0.1) is 0 Å². The van der Waals surface area contributed by atoms with Gasteiger partial charge in [0.2, 0.25) is 0 Å². The van der Waals surface area contributed by atoms with Gasteiger partial charge in [0.25, 0.3) is 0 Å². The highest BCUT2D eigenvalue weighted by Gasteiger charge is 2.28. The van der Waals surface area contributed by atoms with E-state index < -0.39 is 0 Å². The predicted molar refractivity (Wildman–Crippen MR) is 78.0 cm³/mol. The number of nitrogens with zero attached hydrogens (tertiary/aromatic N) is 2. The van der Waals surface area contributed by atoms with Crippen LogP contribution in [0.15, 0.2) is 0 Å². The Hall–Kier alpha value is -0.120. The zero-order valence-corrected chi connectivity index (χ0v) is 12.5. The lowest BCUT2D eigenvalue weighted by Gasteiger charge is -2.44. The summed E-state index contributed by atoms with van der Waals surface area (Å²) in [6.45, 7) is 14.4. The van der Waals surface area contributed by atoms with Crippen LogP contribution in [0.3, 0.4) is 0 Å². The molecule has 1 unspecified atom stereocenters. The summed E-state index contributed by atoms with van der Waals surface area (Å²) in [4.78, 5) is 5.37. The molecule has 2 rings (SSSR count). The molecule has 3 heteroatoms. The molecular weight excluding hydrogens is 222 g/mol. The molecule has 2 fully saturated rings. The van der Waals surface area contributed by atoms with Crippen LogP contribution in [0.2, 0.25) is 0 Å². The second kappa shape index (κ2) is 6.36. The van der Waals surface area contributed by atoms with Gasteiger partial charge in [-0.15, -0.1) is 0 Å². The van der Waals surface area contributed by atoms with Gasteiger partial charge in [0.15, 0.2) is 0 Å². The summed E-state index contributed by atoms with van der Waals surface area (Å²) >= 11 is 0. The van der Waals surface area contributed by atoms with Crippen LogP contribution in [-0.4, -0.2) is 60.6 Å². The molecule has 0 amide bonds. The summed E-state index contributed by atoms with van der Waals surface area (Å²) in [5, 5.41) is 3.67. The van der Waals surface area contributed by atoms with Crippen LogP contribution >= 0.6 is 0 Å². The summed E-state index contributed by atoms with van der Waals surface area (Å²) in [6.07, 6.45) is 5.48. The second-order valence-electron chi connectivity index (χ2n) is 6.65. The first-order valence-corrected chi connectivity index (χ1v) is 7.82. The lowest BCUT2D eigenvalue weighted by molar-refractivity contribution is 0.0491. The Morgan fingerprint density at radius 1 is 1.17 bits per heavy atom. The molecule has 3 nitrogen and oxygen atoms in total. The van der Waals surface area contributed by atoms with E-state index in [1.165, 1.54) is 58.4 Å².